The molecule has 0 saturated heterocycles. The molecule has 0 bridgehead atoms. The number of ether oxygens (including phenoxy) is 2. The molecule has 2 heterocycles. The van der Waals surface area contributed by atoms with Crippen LogP contribution in [0.25, 0.3) is 10.8 Å². The summed E-state index contributed by atoms with van der Waals surface area (Å²) in [6.07, 6.45) is 0. The van der Waals surface area contributed by atoms with Crippen LogP contribution in [-0.4, -0.2) is 13.5 Å². The van der Waals surface area contributed by atoms with Crippen LogP contribution in [0.3, 0.4) is 0 Å². The number of hydrogen-bond acceptors (Lipinski definition) is 4. The van der Waals surface area contributed by atoms with Crippen LogP contribution in [0.5, 0.6) is 11.5 Å². The van der Waals surface area contributed by atoms with E-state index in [9.17, 15) is 13.2 Å². The molecule has 2 aliphatic rings. The molecule has 4 nitrogen and oxygen atoms in total. The largest absolute Gasteiger partial charge is 0.473 e. The summed E-state index contributed by atoms with van der Waals surface area (Å²) in [7, 11) is 0. The number of anilines is 2. The summed E-state index contributed by atoms with van der Waals surface area (Å²) in [6, 6.07) is 17.1. The zero-order valence-electron chi connectivity index (χ0n) is 18.4. The second kappa shape index (κ2) is 7.87. The van der Waals surface area contributed by atoms with E-state index in [1.54, 1.807) is 19.1 Å². The van der Waals surface area contributed by atoms with Crippen molar-refractivity contribution in [2.75, 3.05) is 23.3 Å². The Morgan fingerprint density at radius 1 is 0.676 bits per heavy atom. The second-order valence-electron chi connectivity index (χ2n) is 8.71. The minimum Gasteiger partial charge on any atom is -0.473 e. The van der Waals surface area contributed by atoms with E-state index in [-0.39, 0.29) is 12.5 Å². The molecule has 2 aliphatic heterocycles. The lowest BCUT2D eigenvalue weighted by molar-refractivity contribution is 0.288. The number of halogens is 3. The highest BCUT2D eigenvalue weighted by Crippen LogP contribution is 2.40. The van der Waals surface area contributed by atoms with Crippen LogP contribution in [0, 0.1) is 24.4 Å². The lowest BCUT2D eigenvalue weighted by atomic mass is 10.00. The molecule has 0 N–H and O–H groups in total. The summed E-state index contributed by atoms with van der Waals surface area (Å²) in [6.45, 7) is 3.39. The highest BCUT2D eigenvalue weighted by Gasteiger charge is 2.24. The summed E-state index contributed by atoms with van der Waals surface area (Å²) in [5.41, 5.74) is 3.88. The summed E-state index contributed by atoms with van der Waals surface area (Å²) < 4.78 is 53.3. The Hall–Kier alpha value is -3.87. The summed E-state index contributed by atoms with van der Waals surface area (Å²) in [5.74, 6) is -0.437. The van der Waals surface area contributed by atoms with Gasteiger partial charge in [-0.1, -0.05) is 18.2 Å². The molecule has 4 aromatic carbocycles. The van der Waals surface area contributed by atoms with Gasteiger partial charge in [-0.05, 0) is 54.3 Å². The van der Waals surface area contributed by atoms with Crippen molar-refractivity contribution >= 4 is 22.1 Å². The van der Waals surface area contributed by atoms with Gasteiger partial charge in [0.1, 0.15) is 17.3 Å². The molecule has 0 amide bonds. The standard InChI is InChI=1S/C27H21F3N2O2/c1-16-2-5-20(10-24(16)29)31-12-18-4-3-17-9-26-19(8-22(17)27(18)34-15-31)13-32(14-33-26)21-6-7-23(28)25(30)11-21/h2-11H,12-15H2,1H3. The van der Waals surface area contributed by atoms with Crippen molar-refractivity contribution in [1.29, 1.82) is 0 Å². The molecule has 0 atom stereocenters. The summed E-state index contributed by atoms with van der Waals surface area (Å²) >= 11 is 0. The Balaban J connectivity index is 1.32. The number of aryl methyl sites for hydroxylation is 1. The van der Waals surface area contributed by atoms with Gasteiger partial charge in [0, 0.05) is 47.0 Å². The van der Waals surface area contributed by atoms with Crippen molar-refractivity contribution < 1.29 is 22.6 Å². The minimum absolute atomic E-state index is 0.237. The lowest BCUT2D eigenvalue weighted by Crippen LogP contribution is -2.32. The molecule has 172 valence electrons. The van der Waals surface area contributed by atoms with Crippen LogP contribution in [-0.2, 0) is 13.1 Å². The molecule has 7 heteroatoms. The first kappa shape index (κ1) is 20.7. The molecule has 0 fully saturated rings. The molecule has 0 aromatic heterocycles. The fraction of sp³-hybridized carbons (Fsp3) is 0.185. The van der Waals surface area contributed by atoms with Gasteiger partial charge in [-0.3, -0.25) is 0 Å². The van der Waals surface area contributed by atoms with Crippen molar-refractivity contribution in [2.24, 2.45) is 0 Å². The number of benzene rings is 4. The van der Waals surface area contributed by atoms with Crippen molar-refractivity contribution in [2.45, 2.75) is 20.0 Å². The minimum atomic E-state index is -0.887. The Morgan fingerprint density at radius 2 is 1.38 bits per heavy atom. The monoisotopic (exact) mass is 462 g/mol. The Kier molecular flexibility index (Phi) is 4.79. The normalized spacial score (nSPS) is 14.9. The fourth-order valence-electron chi connectivity index (χ4n) is 4.55. The summed E-state index contributed by atoms with van der Waals surface area (Å²) in [4.78, 5) is 3.84. The van der Waals surface area contributed by atoms with Gasteiger partial charge in [0.2, 0.25) is 0 Å². The van der Waals surface area contributed by atoms with E-state index in [4.69, 9.17) is 9.47 Å². The first-order valence-electron chi connectivity index (χ1n) is 11.0. The molecule has 4 aromatic rings. The molecular formula is C27H21F3N2O2. The van der Waals surface area contributed by atoms with Crippen LogP contribution in [0.2, 0.25) is 0 Å². The summed E-state index contributed by atoms with van der Waals surface area (Å²) in [5, 5.41) is 1.95. The second-order valence-corrected chi connectivity index (χ2v) is 8.71. The van der Waals surface area contributed by atoms with Gasteiger partial charge in [-0.15, -0.1) is 0 Å². The third-order valence-corrected chi connectivity index (χ3v) is 6.48. The lowest BCUT2D eigenvalue weighted by Gasteiger charge is -2.33. The Bertz CT molecular complexity index is 1440. The highest BCUT2D eigenvalue weighted by molar-refractivity contribution is 5.92. The molecule has 0 saturated carbocycles. The predicted octanol–water partition coefficient (Wildman–Crippen LogP) is 6.28. The first-order chi connectivity index (χ1) is 16.5. The fourth-order valence-corrected chi connectivity index (χ4v) is 4.55. The van der Waals surface area contributed by atoms with Crippen LogP contribution >= 0.6 is 0 Å². The zero-order chi connectivity index (χ0) is 23.4. The van der Waals surface area contributed by atoms with Crippen molar-refractivity contribution in [1.82, 2.24) is 0 Å². The van der Waals surface area contributed by atoms with E-state index in [2.05, 4.69) is 0 Å². The van der Waals surface area contributed by atoms with Crippen LogP contribution in [0.15, 0.2) is 60.7 Å². The molecule has 34 heavy (non-hydrogen) atoms. The quantitative estimate of drug-likeness (QED) is 0.350. The molecule has 0 unspecified atom stereocenters. The maximum Gasteiger partial charge on any atom is 0.161 e. The molecule has 0 radical (unpaired) electrons. The maximum atomic E-state index is 14.1. The van der Waals surface area contributed by atoms with Crippen LogP contribution < -0.4 is 19.3 Å². The van der Waals surface area contributed by atoms with Crippen LogP contribution in [0.1, 0.15) is 16.7 Å². The average molecular weight is 462 g/mol. The highest BCUT2D eigenvalue weighted by atomic mass is 19.2. The van der Waals surface area contributed by atoms with E-state index in [1.165, 1.54) is 12.1 Å². The third kappa shape index (κ3) is 3.48. The van der Waals surface area contributed by atoms with Gasteiger partial charge in [0.05, 0.1) is 0 Å². The van der Waals surface area contributed by atoms with E-state index < -0.39 is 11.6 Å². The van der Waals surface area contributed by atoms with Crippen molar-refractivity contribution in [3.63, 3.8) is 0 Å². The molecule has 0 spiro atoms. The van der Waals surface area contributed by atoms with E-state index in [0.717, 1.165) is 45.2 Å². The number of fused-ring (bicyclic) bond motifs is 4. The van der Waals surface area contributed by atoms with Gasteiger partial charge in [-0.2, -0.15) is 0 Å². The van der Waals surface area contributed by atoms with Crippen LogP contribution in [0.4, 0.5) is 24.5 Å². The smallest absolute Gasteiger partial charge is 0.161 e. The molecule has 6 rings (SSSR count). The van der Waals surface area contributed by atoms with Gasteiger partial charge in [0.15, 0.2) is 25.1 Å². The van der Waals surface area contributed by atoms with Gasteiger partial charge in [0.25, 0.3) is 0 Å². The van der Waals surface area contributed by atoms with E-state index >= 15 is 0 Å². The van der Waals surface area contributed by atoms with Gasteiger partial charge in [-0.25, -0.2) is 13.2 Å². The van der Waals surface area contributed by atoms with Gasteiger partial charge < -0.3 is 19.3 Å². The van der Waals surface area contributed by atoms with E-state index in [1.807, 2.05) is 40.1 Å². The van der Waals surface area contributed by atoms with Crippen molar-refractivity contribution in [3.05, 3.63) is 94.8 Å². The van der Waals surface area contributed by atoms with Gasteiger partial charge >= 0.3 is 0 Å². The molecule has 0 aliphatic carbocycles. The third-order valence-electron chi connectivity index (χ3n) is 6.48. The SMILES string of the molecule is Cc1ccc(N2COc3c(ccc4cc5c(cc34)CN(c3ccc(F)c(F)c3)CO5)C2)cc1F. The maximum absolute atomic E-state index is 14.1. The predicted molar refractivity (Wildman–Crippen MR) is 125 cm³/mol. The Morgan fingerprint density at radius 3 is 2.15 bits per heavy atom. The molecular weight excluding hydrogens is 441 g/mol. The Labute approximate surface area is 194 Å². The van der Waals surface area contributed by atoms with Crippen molar-refractivity contribution in [3.8, 4) is 11.5 Å². The van der Waals surface area contributed by atoms with E-state index in [0.29, 0.717) is 31.1 Å². The first-order valence-corrected chi connectivity index (χ1v) is 11.0. The topological polar surface area (TPSA) is 24.9 Å². The number of hydrogen-bond donors (Lipinski definition) is 0. The average Bonchev–Trinajstić information content (AvgIpc) is 2.85. The number of rotatable bonds is 2. The zero-order valence-corrected chi connectivity index (χ0v) is 18.4. The number of nitrogens with zero attached hydrogens (tertiary/aromatic N) is 2.